The first-order valence-corrected chi connectivity index (χ1v) is 7.91. The van der Waals surface area contributed by atoms with Gasteiger partial charge in [-0.1, -0.05) is 13.8 Å². The lowest BCUT2D eigenvalue weighted by Crippen LogP contribution is -2.30. The highest BCUT2D eigenvalue weighted by Gasteiger charge is 2.26. The van der Waals surface area contributed by atoms with Crippen LogP contribution in [0.2, 0.25) is 0 Å². The Kier molecular flexibility index (Phi) is 4.27. The molecule has 0 radical (unpaired) electrons. The Bertz CT molecular complexity index is 758. The molecule has 7 nitrogen and oxygen atoms in total. The van der Waals surface area contributed by atoms with Gasteiger partial charge in [-0.2, -0.15) is 0 Å². The largest absolute Gasteiger partial charge is 0.346 e. The monoisotopic (exact) mass is 315 g/mol. The van der Waals surface area contributed by atoms with E-state index in [1.54, 1.807) is 12.5 Å². The minimum absolute atomic E-state index is 0.0457. The molecule has 3 rings (SSSR count). The molecule has 0 saturated heterocycles. The fraction of sp³-hybridized carbons (Fsp3) is 0.500. The lowest BCUT2D eigenvalue weighted by Gasteiger charge is -2.11. The van der Waals surface area contributed by atoms with Crippen LogP contribution in [0.5, 0.6) is 0 Å². The van der Waals surface area contributed by atoms with E-state index in [4.69, 9.17) is 0 Å². The minimum Gasteiger partial charge on any atom is -0.346 e. The number of hydrogen-bond donors (Lipinski definition) is 2. The molecule has 0 bridgehead atoms. The highest BCUT2D eigenvalue weighted by atomic mass is 16.2. The van der Waals surface area contributed by atoms with Crippen molar-refractivity contribution in [3.8, 4) is 0 Å². The predicted octanol–water partition coefficient (Wildman–Crippen LogP) is 1.43. The molecule has 0 spiro atoms. The lowest BCUT2D eigenvalue weighted by molar-refractivity contribution is 0.0948. The van der Waals surface area contributed by atoms with Gasteiger partial charge in [0.2, 0.25) is 0 Å². The van der Waals surface area contributed by atoms with Crippen LogP contribution < -0.4 is 10.9 Å². The summed E-state index contributed by atoms with van der Waals surface area (Å²) >= 11 is 0. The maximum absolute atomic E-state index is 12.2. The second kappa shape index (κ2) is 6.36. The third-order valence-electron chi connectivity index (χ3n) is 3.82. The summed E-state index contributed by atoms with van der Waals surface area (Å²) in [5.41, 5.74) is 0.574. The summed E-state index contributed by atoms with van der Waals surface area (Å²) in [6.07, 6.45) is 6.94. The Morgan fingerprint density at radius 2 is 2.22 bits per heavy atom. The summed E-state index contributed by atoms with van der Waals surface area (Å²) in [5, 5.41) is 2.76. The Hall–Kier alpha value is -2.44. The summed E-state index contributed by atoms with van der Waals surface area (Å²) in [7, 11) is 0. The van der Waals surface area contributed by atoms with Crippen molar-refractivity contribution in [1.29, 1.82) is 0 Å². The number of imidazole rings is 1. The first-order chi connectivity index (χ1) is 11.0. The molecule has 1 saturated carbocycles. The molecule has 7 heteroatoms. The highest BCUT2D eigenvalue weighted by molar-refractivity contribution is 5.93. The second-order valence-electron chi connectivity index (χ2n) is 6.40. The van der Waals surface area contributed by atoms with E-state index in [0.29, 0.717) is 24.2 Å². The van der Waals surface area contributed by atoms with Crippen LogP contribution in [-0.4, -0.2) is 25.4 Å². The Labute approximate surface area is 134 Å². The summed E-state index contributed by atoms with van der Waals surface area (Å²) in [5.74, 6) is 1.10. The molecule has 1 aliphatic carbocycles. The summed E-state index contributed by atoms with van der Waals surface area (Å²) < 4.78 is 2.00. The van der Waals surface area contributed by atoms with Crippen LogP contribution in [0.4, 0.5) is 0 Å². The van der Waals surface area contributed by atoms with Crippen molar-refractivity contribution in [3.05, 3.63) is 46.2 Å². The average molecular weight is 315 g/mol. The van der Waals surface area contributed by atoms with Gasteiger partial charge in [-0.05, 0) is 18.8 Å². The predicted molar refractivity (Wildman–Crippen MR) is 85.1 cm³/mol. The quantitative estimate of drug-likeness (QED) is 0.843. The number of rotatable bonds is 6. The number of nitrogens with one attached hydrogen (secondary N) is 2. The first-order valence-electron chi connectivity index (χ1n) is 7.91. The standard InChI is InChI=1S/C16H21N5O2/c1-10(2)8-21-9-17-5-12(21)6-19-15(22)13-7-18-14(11-3-4-11)20-16(13)23/h5,7,9-11H,3-4,6,8H2,1-2H3,(H,19,22)(H,18,20,23). The normalized spacial score (nSPS) is 14.2. The zero-order chi connectivity index (χ0) is 16.4. The van der Waals surface area contributed by atoms with Crippen LogP contribution in [0.25, 0.3) is 0 Å². The number of carbonyl (C=O) groups is 1. The van der Waals surface area contributed by atoms with E-state index in [-0.39, 0.29) is 11.1 Å². The molecular weight excluding hydrogens is 294 g/mol. The number of aromatic nitrogens is 4. The van der Waals surface area contributed by atoms with Crippen LogP contribution >= 0.6 is 0 Å². The summed E-state index contributed by atoms with van der Waals surface area (Å²) in [4.78, 5) is 35.2. The summed E-state index contributed by atoms with van der Waals surface area (Å²) in [6.45, 7) is 5.41. The van der Waals surface area contributed by atoms with E-state index in [1.807, 2.05) is 4.57 Å². The minimum atomic E-state index is -0.418. The molecule has 2 aromatic rings. The van der Waals surface area contributed by atoms with Gasteiger partial charge in [0.05, 0.1) is 18.6 Å². The van der Waals surface area contributed by atoms with Crippen molar-refractivity contribution in [2.24, 2.45) is 5.92 Å². The third-order valence-corrected chi connectivity index (χ3v) is 3.82. The fourth-order valence-corrected chi connectivity index (χ4v) is 2.45. The Morgan fingerprint density at radius 1 is 1.43 bits per heavy atom. The number of H-pyrrole nitrogens is 1. The molecule has 2 heterocycles. The molecule has 2 N–H and O–H groups in total. The average Bonchev–Trinajstić information content (AvgIpc) is 3.26. The van der Waals surface area contributed by atoms with Gasteiger partial charge in [0.1, 0.15) is 11.4 Å². The number of nitrogens with zero attached hydrogens (tertiary/aromatic N) is 3. The van der Waals surface area contributed by atoms with Crippen molar-refractivity contribution >= 4 is 5.91 Å². The molecule has 1 aliphatic rings. The van der Waals surface area contributed by atoms with Gasteiger partial charge in [0.15, 0.2) is 0 Å². The van der Waals surface area contributed by atoms with Crippen molar-refractivity contribution < 1.29 is 4.79 Å². The summed E-state index contributed by atoms with van der Waals surface area (Å²) in [6, 6.07) is 0. The molecule has 0 unspecified atom stereocenters. The van der Waals surface area contributed by atoms with Crippen molar-refractivity contribution in [3.63, 3.8) is 0 Å². The smallest absolute Gasteiger partial charge is 0.263 e. The second-order valence-corrected chi connectivity index (χ2v) is 6.40. The van der Waals surface area contributed by atoms with Gasteiger partial charge in [-0.25, -0.2) is 9.97 Å². The van der Waals surface area contributed by atoms with E-state index in [2.05, 4.69) is 34.1 Å². The Balaban J connectivity index is 1.65. The number of aromatic amines is 1. The number of hydrogen-bond acceptors (Lipinski definition) is 4. The zero-order valence-corrected chi connectivity index (χ0v) is 13.4. The maximum Gasteiger partial charge on any atom is 0.263 e. The van der Waals surface area contributed by atoms with E-state index in [1.165, 1.54) is 6.20 Å². The van der Waals surface area contributed by atoms with Gasteiger partial charge in [-0.15, -0.1) is 0 Å². The van der Waals surface area contributed by atoms with Crippen LogP contribution in [0.15, 0.2) is 23.5 Å². The molecule has 1 fully saturated rings. The molecule has 2 aromatic heterocycles. The SMILES string of the molecule is CC(C)Cn1cncc1CNC(=O)c1cnc(C2CC2)[nH]c1=O. The van der Waals surface area contributed by atoms with Crippen LogP contribution in [0, 0.1) is 5.92 Å². The molecule has 0 aliphatic heterocycles. The van der Waals surface area contributed by atoms with E-state index < -0.39 is 5.91 Å². The first kappa shape index (κ1) is 15.5. The molecule has 0 atom stereocenters. The van der Waals surface area contributed by atoms with Crippen molar-refractivity contribution in [1.82, 2.24) is 24.8 Å². The van der Waals surface area contributed by atoms with Crippen molar-refractivity contribution in [2.75, 3.05) is 0 Å². The van der Waals surface area contributed by atoms with Crippen molar-refractivity contribution in [2.45, 2.75) is 45.7 Å². The molecular formula is C16H21N5O2. The van der Waals surface area contributed by atoms with Crippen LogP contribution in [0.1, 0.15) is 54.5 Å². The van der Waals surface area contributed by atoms with Gasteiger partial charge < -0.3 is 14.9 Å². The van der Waals surface area contributed by atoms with Crippen LogP contribution in [0.3, 0.4) is 0 Å². The molecule has 122 valence electrons. The Morgan fingerprint density at radius 3 is 2.87 bits per heavy atom. The van der Waals surface area contributed by atoms with Gasteiger partial charge in [0.25, 0.3) is 11.5 Å². The van der Waals surface area contributed by atoms with Gasteiger partial charge >= 0.3 is 0 Å². The molecule has 23 heavy (non-hydrogen) atoms. The fourth-order valence-electron chi connectivity index (χ4n) is 2.45. The maximum atomic E-state index is 12.2. The number of amides is 1. The van der Waals surface area contributed by atoms with E-state index in [0.717, 1.165) is 25.1 Å². The zero-order valence-electron chi connectivity index (χ0n) is 13.4. The molecule has 0 aromatic carbocycles. The number of carbonyl (C=O) groups excluding carboxylic acids is 1. The van der Waals surface area contributed by atoms with Crippen LogP contribution in [-0.2, 0) is 13.1 Å². The highest BCUT2D eigenvalue weighted by Crippen LogP contribution is 2.37. The molecule has 1 amide bonds. The van der Waals surface area contributed by atoms with E-state index >= 15 is 0 Å². The third kappa shape index (κ3) is 3.67. The van der Waals surface area contributed by atoms with E-state index in [9.17, 15) is 9.59 Å². The van der Waals surface area contributed by atoms with Gasteiger partial charge in [0, 0.05) is 24.9 Å². The topological polar surface area (TPSA) is 92.7 Å². The van der Waals surface area contributed by atoms with Gasteiger partial charge in [-0.3, -0.25) is 9.59 Å². The lowest BCUT2D eigenvalue weighted by atomic mass is 10.2.